The molecule has 0 saturated carbocycles. The zero-order valence-electron chi connectivity index (χ0n) is 62.9. The van der Waals surface area contributed by atoms with Gasteiger partial charge in [0.2, 0.25) is 0 Å². The summed E-state index contributed by atoms with van der Waals surface area (Å²) in [6, 6.07) is 33.7. The third-order valence-electron chi connectivity index (χ3n) is 15.5. The van der Waals surface area contributed by atoms with Gasteiger partial charge in [0.15, 0.2) is 0 Å². The highest BCUT2D eigenvalue weighted by Crippen LogP contribution is 2.40. The second-order valence-corrected chi connectivity index (χ2v) is 24.4. The Morgan fingerprint density at radius 1 is 0.239 bits per heavy atom. The Balaban J connectivity index is 0.000000623. The van der Waals surface area contributed by atoms with Crippen molar-refractivity contribution >= 4 is 0 Å². The number of ether oxygens (including phenoxy) is 4. The van der Waals surface area contributed by atoms with E-state index < -0.39 is 93.9 Å². The highest BCUT2D eigenvalue weighted by Gasteiger charge is 2.38. The summed E-state index contributed by atoms with van der Waals surface area (Å²) >= 11 is 0. The topological polar surface area (TPSA) is 36.9 Å². The van der Waals surface area contributed by atoms with Gasteiger partial charge in [-0.3, -0.25) is 0 Å². The molecule has 0 aliphatic heterocycles. The van der Waals surface area contributed by atoms with Crippen LogP contribution in [-0.2, 0) is 68.7 Å². The van der Waals surface area contributed by atoms with Gasteiger partial charge in [0.05, 0.1) is 71.4 Å². The second kappa shape index (κ2) is 43.6. The Morgan fingerprint density at radius 2 is 0.459 bits per heavy atom. The molecule has 0 spiro atoms. The molecule has 0 saturated heterocycles. The van der Waals surface area contributed by atoms with Crippen LogP contribution in [0, 0.1) is 62.3 Å². The van der Waals surface area contributed by atoms with Gasteiger partial charge in [0.25, 0.3) is 0 Å². The van der Waals surface area contributed by atoms with E-state index in [-0.39, 0.29) is 61.9 Å². The van der Waals surface area contributed by atoms with Crippen molar-refractivity contribution in [3.8, 4) is 23.0 Å². The summed E-state index contributed by atoms with van der Waals surface area (Å²) in [7, 11) is 1.34. The van der Waals surface area contributed by atoms with Crippen molar-refractivity contribution in [1.29, 1.82) is 0 Å². The number of benzene rings is 8. The van der Waals surface area contributed by atoms with Crippen LogP contribution in [0.2, 0.25) is 0 Å². The number of hydrogen-bond acceptors (Lipinski definition) is 4. The minimum Gasteiger partial charge on any atom is -0.497 e. The minimum absolute atomic E-state index is 0.202. The Kier molecular flexibility index (Phi) is 39.3. The van der Waals surface area contributed by atoms with Crippen LogP contribution in [0.4, 0.5) is 105 Å². The number of hydrogen-bond donors (Lipinski definition) is 0. The summed E-state index contributed by atoms with van der Waals surface area (Å²) in [5.41, 5.74) is 0.219. The molecule has 0 fully saturated rings. The number of methoxy groups -OCH3 is 1. The fourth-order valence-corrected chi connectivity index (χ4v) is 9.69. The summed E-state index contributed by atoms with van der Waals surface area (Å²) in [5.74, 6) is 0.985. The molecule has 0 bridgehead atoms. The zero-order chi connectivity index (χ0) is 84.0. The lowest BCUT2D eigenvalue weighted by atomic mass is 10.0. The summed E-state index contributed by atoms with van der Waals surface area (Å²) < 4.78 is 317. The normalized spacial score (nSPS) is 11.6. The van der Waals surface area contributed by atoms with Gasteiger partial charge < -0.3 is 18.9 Å². The first-order valence-electron chi connectivity index (χ1n) is 33.8. The molecular formula is C81H90F24O4. The average molecular weight is 1580 g/mol. The number of alkyl halides is 24. The molecule has 0 radical (unpaired) electrons. The van der Waals surface area contributed by atoms with Gasteiger partial charge in [-0.25, -0.2) is 0 Å². The molecule has 0 amide bonds. The van der Waals surface area contributed by atoms with Crippen LogP contribution in [0.3, 0.4) is 0 Å². The molecule has 0 aromatic heterocycles. The zero-order valence-corrected chi connectivity index (χ0v) is 62.9. The van der Waals surface area contributed by atoms with Crippen molar-refractivity contribution < 1.29 is 124 Å². The van der Waals surface area contributed by atoms with Crippen molar-refractivity contribution in [2.24, 2.45) is 0 Å². The number of halogens is 24. The summed E-state index contributed by atoms with van der Waals surface area (Å²) in [5, 5.41) is 0. The predicted octanol–water partition coefficient (Wildman–Crippen LogP) is 28.5. The molecule has 4 nitrogen and oxygen atoms in total. The Labute approximate surface area is 620 Å². The van der Waals surface area contributed by atoms with Crippen molar-refractivity contribution in [2.45, 2.75) is 192 Å². The number of rotatable bonds is 13. The highest BCUT2D eigenvalue weighted by molar-refractivity contribution is 5.41. The molecule has 8 aromatic rings. The maximum absolute atomic E-state index is 12.6. The first-order chi connectivity index (χ1) is 50.0. The minimum atomic E-state index is -4.31. The van der Waals surface area contributed by atoms with E-state index in [4.69, 9.17) is 18.9 Å². The lowest BCUT2D eigenvalue weighted by Crippen LogP contribution is -2.08. The van der Waals surface area contributed by atoms with Gasteiger partial charge in [-0.1, -0.05) is 112 Å². The molecule has 0 aliphatic carbocycles. The van der Waals surface area contributed by atoms with Crippen molar-refractivity contribution in [3.05, 3.63) is 257 Å². The van der Waals surface area contributed by atoms with E-state index in [1.165, 1.54) is 147 Å². The van der Waals surface area contributed by atoms with Crippen molar-refractivity contribution in [1.82, 2.24) is 0 Å². The molecule has 606 valence electrons. The maximum Gasteiger partial charge on any atom is 0.416 e. The average Bonchev–Trinajstić information content (AvgIpc) is 0.894. The van der Waals surface area contributed by atoms with E-state index in [1.54, 1.807) is 58.0 Å². The Bertz CT molecular complexity index is 3710. The summed E-state index contributed by atoms with van der Waals surface area (Å²) in [6.07, 6.45) is -29.3. The maximum atomic E-state index is 12.6. The van der Waals surface area contributed by atoms with Crippen LogP contribution >= 0.6 is 0 Å². The smallest absolute Gasteiger partial charge is 0.416 e. The third kappa shape index (κ3) is 35.2. The molecule has 28 heteroatoms. The van der Waals surface area contributed by atoms with Gasteiger partial charge in [0, 0.05) is 0 Å². The van der Waals surface area contributed by atoms with Crippen LogP contribution in [0.1, 0.15) is 172 Å². The van der Waals surface area contributed by atoms with Crippen LogP contribution in [0.5, 0.6) is 23.0 Å². The summed E-state index contributed by atoms with van der Waals surface area (Å²) in [6.45, 7) is 25.4. The standard InChI is InChI=1S/C12H15F3.C11H13F3.3C10H11F3O.C10H11F3.C9H9F3O.C9H9F3/c1-3-4-5-10-7-6-9(2)11(8-10)12(13,14)15;1-3-4-9-6-5-8(2)10(7-9)11(12,13)14;3*1-3-14-8-5-4-7(2)9(6-8)10(11,12)13;1-3-8-5-4-7(2)9(6-8)10(11,12)13;1-6-3-4-7(13-2)5-8(6)9(10,11)12;1-6-3-4-7(2)8(5-6)9(10,11)12/h6-8H,3-5H2,1-2H3;5-7H,3-4H2,1-2H3;3*4-6H,3H2,1-2H3;4-6H,3H2,1-2H3;3-5H,1-2H3;3-5H,1-2H3. The molecule has 0 unspecified atom stereocenters. The number of aryl methyl sites for hydroxylation is 12. The van der Waals surface area contributed by atoms with Crippen molar-refractivity contribution in [2.75, 3.05) is 26.9 Å². The first kappa shape index (κ1) is 98.3. The van der Waals surface area contributed by atoms with E-state index in [9.17, 15) is 105 Å². The van der Waals surface area contributed by atoms with Crippen LogP contribution in [-0.4, -0.2) is 26.9 Å². The monoisotopic (exact) mass is 1580 g/mol. The van der Waals surface area contributed by atoms with Crippen LogP contribution < -0.4 is 18.9 Å². The van der Waals surface area contributed by atoms with Gasteiger partial charge in [-0.15, -0.1) is 0 Å². The van der Waals surface area contributed by atoms with Gasteiger partial charge in [-0.05, 0) is 243 Å². The summed E-state index contributed by atoms with van der Waals surface area (Å²) in [4.78, 5) is 0. The van der Waals surface area contributed by atoms with E-state index in [2.05, 4.69) is 0 Å². The highest BCUT2D eigenvalue weighted by atomic mass is 19.4. The predicted molar refractivity (Wildman–Crippen MR) is 376 cm³/mol. The molecular weight excluding hydrogens is 1490 g/mol. The third-order valence-corrected chi connectivity index (χ3v) is 15.5. The van der Waals surface area contributed by atoms with E-state index in [0.29, 0.717) is 43.8 Å². The molecule has 0 atom stereocenters. The lowest BCUT2D eigenvalue weighted by molar-refractivity contribution is -0.139. The molecule has 0 N–H and O–H groups in total. The Hall–Kier alpha value is -8.72. The van der Waals surface area contributed by atoms with E-state index >= 15 is 0 Å². The largest absolute Gasteiger partial charge is 0.497 e. The van der Waals surface area contributed by atoms with Gasteiger partial charge >= 0.3 is 49.4 Å². The first-order valence-corrected chi connectivity index (χ1v) is 33.8. The van der Waals surface area contributed by atoms with E-state index in [1.807, 2.05) is 20.8 Å². The van der Waals surface area contributed by atoms with Crippen LogP contribution in [0.25, 0.3) is 0 Å². The second-order valence-electron chi connectivity index (χ2n) is 24.4. The number of unbranched alkanes of at least 4 members (excludes halogenated alkanes) is 1. The molecule has 0 heterocycles. The molecule has 109 heavy (non-hydrogen) atoms. The molecule has 8 aromatic carbocycles. The fourth-order valence-electron chi connectivity index (χ4n) is 9.69. The van der Waals surface area contributed by atoms with Gasteiger partial charge in [0.1, 0.15) is 23.0 Å². The van der Waals surface area contributed by atoms with Crippen molar-refractivity contribution in [3.63, 3.8) is 0 Å². The quantitative estimate of drug-likeness (QED) is 0.108. The molecule has 8 rings (SSSR count). The van der Waals surface area contributed by atoms with Crippen LogP contribution in [0.15, 0.2) is 146 Å². The van der Waals surface area contributed by atoms with Gasteiger partial charge in [-0.2, -0.15) is 105 Å². The Morgan fingerprint density at radius 3 is 0.697 bits per heavy atom. The SMILES string of the molecule is CCCCc1ccc(C)c(C(F)(F)F)c1.CCCc1ccc(C)c(C(F)(F)F)c1.CCOc1ccc(C)c(C(F)(F)F)c1.CCOc1ccc(C)c(C(F)(F)F)c1.CCOc1ccc(C)c(C(F)(F)F)c1.CCc1ccc(C)c(C(F)(F)F)c1.COc1ccc(C)c(C(F)(F)F)c1.Cc1ccc(C)c(C(F)(F)F)c1. The molecule has 0 aliphatic rings. The lowest BCUT2D eigenvalue weighted by Gasteiger charge is -2.11. The fraction of sp³-hybridized carbons (Fsp3) is 0.407. The van der Waals surface area contributed by atoms with E-state index in [0.717, 1.165) is 72.7 Å².